The molecule has 1 amide bonds. The summed E-state index contributed by atoms with van der Waals surface area (Å²) < 4.78 is 82.2. The van der Waals surface area contributed by atoms with Crippen LogP contribution in [0, 0.1) is 0 Å². The van der Waals surface area contributed by atoms with E-state index in [-0.39, 0.29) is 29.3 Å². The van der Waals surface area contributed by atoms with Crippen molar-refractivity contribution in [3.8, 4) is 22.6 Å². The molecule has 0 saturated heterocycles. The quantitative estimate of drug-likeness (QED) is 0.176. The maximum Gasteiger partial charge on any atom is 0.430 e. The Morgan fingerprint density at radius 3 is 2.12 bits per heavy atom. The second-order valence-corrected chi connectivity index (χ2v) is 9.34. The van der Waals surface area contributed by atoms with Gasteiger partial charge in [-0.1, -0.05) is 74.0 Å². The van der Waals surface area contributed by atoms with Crippen LogP contribution in [0.1, 0.15) is 41.4 Å². The van der Waals surface area contributed by atoms with Gasteiger partial charge in [-0.3, -0.25) is 9.78 Å². The molecular weight excluding hydrogens is 550 g/mol. The van der Waals surface area contributed by atoms with E-state index >= 15 is 0 Å². The van der Waals surface area contributed by atoms with Crippen LogP contribution in [-0.2, 0) is 12.1 Å². The predicted molar refractivity (Wildman–Crippen MR) is 140 cm³/mol. The highest BCUT2D eigenvalue weighted by Crippen LogP contribution is 2.50. The number of hydrogen-bond acceptors (Lipinski definition) is 4. The van der Waals surface area contributed by atoms with E-state index in [1.807, 2.05) is 6.92 Å². The third-order valence-corrected chi connectivity index (χ3v) is 6.49. The molecular formula is C29H26F6N4O2. The number of halogens is 6. The molecule has 216 valence electrons. The minimum absolute atomic E-state index is 0.0797. The van der Waals surface area contributed by atoms with Crippen LogP contribution in [0.3, 0.4) is 0 Å². The van der Waals surface area contributed by atoms with E-state index in [4.69, 9.17) is 0 Å². The van der Waals surface area contributed by atoms with Crippen molar-refractivity contribution in [2.45, 2.75) is 44.3 Å². The average Bonchev–Trinajstić information content (AvgIpc) is 3.31. The summed E-state index contributed by atoms with van der Waals surface area (Å²) in [6.45, 7) is 2.43. The minimum Gasteiger partial charge on any atom is -0.369 e. The summed E-state index contributed by atoms with van der Waals surface area (Å²) in [6, 6.07) is 15.3. The normalized spacial score (nSPS) is 12.4. The number of nitrogens with zero attached hydrogens (tertiary/aromatic N) is 3. The number of benzene rings is 2. The summed E-state index contributed by atoms with van der Waals surface area (Å²) in [6.07, 6.45) is -7.35. The number of unbranched alkanes of at least 4 members (excludes halogenated alkanes) is 1. The zero-order valence-corrected chi connectivity index (χ0v) is 21.8. The van der Waals surface area contributed by atoms with Gasteiger partial charge in [0.15, 0.2) is 0 Å². The van der Waals surface area contributed by atoms with E-state index in [2.05, 4.69) is 15.3 Å². The van der Waals surface area contributed by atoms with Gasteiger partial charge in [-0.25, -0.2) is 4.98 Å². The van der Waals surface area contributed by atoms with E-state index in [1.165, 1.54) is 0 Å². The van der Waals surface area contributed by atoms with Crippen molar-refractivity contribution in [1.29, 1.82) is 0 Å². The number of aliphatic hydroxyl groups is 1. The number of hydrogen-bond donors (Lipinski definition) is 2. The first-order chi connectivity index (χ1) is 19.4. The van der Waals surface area contributed by atoms with Crippen molar-refractivity contribution >= 4 is 5.91 Å². The lowest BCUT2D eigenvalue weighted by Gasteiger charge is -2.32. The second kappa shape index (κ2) is 11.7. The summed E-state index contributed by atoms with van der Waals surface area (Å²) in [7, 11) is 0. The molecule has 0 fully saturated rings. The van der Waals surface area contributed by atoms with Crippen LogP contribution >= 0.6 is 0 Å². The summed E-state index contributed by atoms with van der Waals surface area (Å²) in [5.74, 6) is -0.317. The predicted octanol–water partition coefficient (Wildman–Crippen LogP) is 6.50. The molecule has 4 aromatic rings. The molecule has 0 aliphatic rings. The van der Waals surface area contributed by atoms with Crippen molar-refractivity contribution in [3.63, 3.8) is 0 Å². The van der Waals surface area contributed by atoms with Crippen molar-refractivity contribution in [2.24, 2.45) is 0 Å². The summed E-state index contributed by atoms with van der Waals surface area (Å²) in [5, 5.41) is 12.7. The highest BCUT2D eigenvalue weighted by Gasteiger charge is 2.71. The molecule has 0 saturated carbocycles. The van der Waals surface area contributed by atoms with E-state index in [0.29, 0.717) is 29.8 Å². The number of pyridine rings is 1. The molecule has 0 atom stereocenters. The van der Waals surface area contributed by atoms with Gasteiger partial charge >= 0.3 is 12.4 Å². The Kier molecular flexibility index (Phi) is 8.52. The van der Waals surface area contributed by atoms with Crippen LogP contribution in [0.4, 0.5) is 26.3 Å². The van der Waals surface area contributed by atoms with E-state index in [9.17, 15) is 36.2 Å². The highest BCUT2D eigenvalue weighted by atomic mass is 19.4. The fourth-order valence-electron chi connectivity index (χ4n) is 4.34. The number of nitrogens with one attached hydrogen (secondary N) is 1. The Balaban J connectivity index is 1.91. The molecule has 0 radical (unpaired) electrons. The number of carbonyl (C=O) groups is 1. The molecule has 2 N–H and O–H groups in total. The van der Waals surface area contributed by atoms with E-state index < -0.39 is 29.4 Å². The molecule has 0 spiro atoms. The van der Waals surface area contributed by atoms with Gasteiger partial charge in [-0.2, -0.15) is 26.3 Å². The Morgan fingerprint density at radius 1 is 0.902 bits per heavy atom. The van der Waals surface area contributed by atoms with Crippen molar-refractivity contribution in [3.05, 3.63) is 95.9 Å². The molecule has 6 nitrogen and oxygen atoms in total. The van der Waals surface area contributed by atoms with Crippen LogP contribution < -0.4 is 5.32 Å². The van der Waals surface area contributed by atoms with Gasteiger partial charge in [-0.15, -0.1) is 0 Å². The third-order valence-electron chi connectivity index (χ3n) is 6.49. The molecule has 2 heterocycles. The largest absolute Gasteiger partial charge is 0.430 e. The van der Waals surface area contributed by atoms with E-state index in [1.54, 1.807) is 59.4 Å². The van der Waals surface area contributed by atoms with Crippen LogP contribution in [0.15, 0.2) is 79.1 Å². The van der Waals surface area contributed by atoms with Crippen LogP contribution in [0.5, 0.6) is 0 Å². The molecule has 2 aromatic carbocycles. The average molecular weight is 577 g/mol. The van der Waals surface area contributed by atoms with Crippen molar-refractivity contribution < 1.29 is 36.2 Å². The van der Waals surface area contributed by atoms with Gasteiger partial charge < -0.3 is 15.0 Å². The second-order valence-electron chi connectivity index (χ2n) is 9.34. The molecule has 0 unspecified atom stereocenters. The van der Waals surface area contributed by atoms with Gasteiger partial charge in [0.05, 0.1) is 6.54 Å². The lowest BCUT2D eigenvalue weighted by atomic mass is 9.91. The fraction of sp³-hybridized carbons (Fsp3) is 0.276. The Hall–Kier alpha value is -4.19. The number of imidazole rings is 1. The Morgan fingerprint density at radius 2 is 1.56 bits per heavy atom. The fourth-order valence-corrected chi connectivity index (χ4v) is 4.34. The maximum atomic E-state index is 13.5. The first-order valence-corrected chi connectivity index (χ1v) is 12.7. The van der Waals surface area contributed by atoms with Gasteiger partial charge in [0.25, 0.3) is 11.5 Å². The zero-order valence-electron chi connectivity index (χ0n) is 21.8. The molecule has 0 aliphatic carbocycles. The topological polar surface area (TPSA) is 80.0 Å². The molecule has 4 rings (SSSR count). The highest BCUT2D eigenvalue weighted by molar-refractivity contribution is 5.99. The van der Waals surface area contributed by atoms with E-state index in [0.717, 1.165) is 25.0 Å². The van der Waals surface area contributed by atoms with Crippen molar-refractivity contribution in [2.75, 3.05) is 6.54 Å². The summed E-state index contributed by atoms with van der Waals surface area (Å²) >= 11 is 0. The van der Waals surface area contributed by atoms with Gasteiger partial charge in [0.2, 0.25) is 0 Å². The summed E-state index contributed by atoms with van der Waals surface area (Å²) in [4.78, 5) is 22.3. The number of carbonyl (C=O) groups excluding carboxylic acids is 1. The number of aromatic nitrogens is 3. The SMILES string of the molecule is CCCCNC(=O)c1c(-c2ccccc2)nc(-c2ccc(C(O)(C(F)(F)F)C(F)(F)F)cc2)n1Cc1cccnc1. The lowest BCUT2D eigenvalue weighted by molar-refractivity contribution is -0.376. The number of amides is 1. The van der Waals surface area contributed by atoms with Crippen LogP contribution in [0.25, 0.3) is 22.6 Å². The monoisotopic (exact) mass is 576 g/mol. The molecule has 41 heavy (non-hydrogen) atoms. The third kappa shape index (κ3) is 5.97. The number of rotatable bonds is 9. The van der Waals surface area contributed by atoms with Gasteiger partial charge in [-0.05, 0) is 18.1 Å². The lowest BCUT2D eigenvalue weighted by Crippen LogP contribution is -2.53. The molecule has 2 aromatic heterocycles. The molecule has 12 heteroatoms. The first-order valence-electron chi connectivity index (χ1n) is 12.7. The minimum atomic E-state index is -6.02. The van der Waals surface area contributed by atoms with Crippen LogP contribution in [0.2, 0.25) is 0 Å². The molecule has 0 bridgehead atoms. The Bertz CT molecular complexity index is 1450. The standard InChI is InChI=1S/C29H26F6N4O2/c1-2-3-16-37-26(40)24-23(20-9-5-4-6-10-20)38-25(39(24)18-19-8-7-15-36-17-19)21-11-13-22(14-12-21)27(41,28(30,31)32)29(33,34)35/h4-15,17,41H,2-3,16,18H2,1H3,(H,37,40). The van der Waals surface area contributed by atoms with Gasteiger partial charge in [0.1, 0.15) is 17.2 Å². The van der Waals surface area contributed by atoms with Crippen LogP contribution in [-0.4, -0.2) is 44.4 Å². The number of alkyl halides is 6. The van der Waals surface area contributed by atoms with Gasteiger partial charge in [0, 0.05) is 35.6 Å². The maximum absolute atomic E-state index is 13.5. The zero-order chi connectivity index (χ0) is 29.8. The first kappa shape index (κ1) is 29.8. The Labute approximate surface area is 231 Å². The summed E-state index contributed by atoms with van der Waals surface area (Å²) in [5.41, 5.74) is -4.63. The molecule has 0 aliphatic heterocycles. The van der Waals surface area contributed by atoms with Crippen molar-refractivity contribution in [1.82, 2.24) is 19.9 Å². The smallest absolute Gasteiger partial charge is 0.369 e.